The summed E-state index contributed by atoms with van der Waals surface area (Å²) in [4.78, 5) is 15.3. The molecule has 2 aliphatic heterocycles. The Balaban J connectivity index is 1.17. The number of hydrogen-bond acceptors (Lipinski definition) is 8. The summed E-state index contributed by atoms with van der Waals surface area (Å²) in [6.07, 6.45) is -6.64. The zero-order chi connectivity index (χ0) is 37.2. The van der Waals surface area contributed by atoms with Crippen molar-refractivity contribution < 1.29 is 44.6 Å². The topological polar surface area (TPSA) is 163 Å². The molecule has 2 saturated heterocycles. The maximum Gasteiger partial charge on any atom is 0.322 e. The molecule has 11 heteroatoms. The lowest BCUT2D eigenvalue weighted by molar-refractivity contribution is -0.231. The third-order valence-electron chi connectivity index (χ3n) is 10.3. The molecule has 7 N–H and O–H groups in total. The van der Waals surface area contributed by atoms with Gasteiger partial charge in [0, 0.05) is 11.3 Å². The van der Waals surface area contributed by atoms with Gasteiger partial charge in [0.15, 0.2) is 0 Å². The van der Waals surface area contributed by atoms with Crippen LogP contribution >= 0.6 is 0 Å². The molecule has 0 radical (unpaired) electrons. The smallest absolute Gasteiger partial charge is 0.322 e. The van der Waals surface area contributed by atoms with E-state index in [1.54, 1.807) is 41.3 Å². The van der Waals surface area contributed by atoms with Crippen molar-refractivity contribution in [1.29, 1.82) is 0 Å². The van der Waals surface area contributed by atoms with Gasteiger partial charge >= 0.3 is 6.03 Å². The average molecular weight is 721 g/mol. The van der Waals surface area contributed by atoms with Gasteiger partial charge in [-0.3, -0.25) is 4.90 Å². The summed E-state index contributed by atoms with van der Waals surface area (Å²) in [7, 11) is 0. The molecular formula is C42H41FN2O8. The van der Waals surface area contributed by atoms with Crippen molar-refractivity contribution >= 4 is 11.7 Å². The second-order valence-corrected chi connectivity index (χ2v) is 13.6. The van der Waals surface area contributed by atoms with Crippen LogP contribution < -0.4 is 10.2 Å². The normalized spacial score (nSPS) is 24.9. The molecule has 274 valence electrons. The summed E-state index contributed by atoms with van der Waals surface area (Å²) in [5.41, 5.74) is 5.63. The number of urea groups is 1. The van der Waals surface area contributed by atoms with E-state index in [0.29, 0.717) is 34.4 Å². The fourth-order valence-corrected chi connectivity index (χ4v) is 7.33. The number of anilines is 1. The molecule has 53 heavy (non-hydrogen) atoms. The zero-order valence-corrected chi connectivity index (χ0v) is 28.6. The molecule has 1 unspecified atom stereocenters. The molecule has 5 aromatic rings. The predicted octanol–water partition coefficient (Wildman–Crippen LogP) is 5.53. The molecule has 10 nitrogen and oxygen atoms in total. The highest BCUT2D eigenvalue weighted by Crippen LogP contribution is 2.42. The molecule has 0 bridgehead atoms. The number of halogens is 1. The number of rotatable bonds is 10. The first-order chi connectivity index (χ1) is 25.6. The summed E-state index contributed by atoms with van der Waals surface area (Å²) in [6.45, 7) is -0.528. The Morgan fingerprint density at radius 1 is 0.755 bits per heavy atom. The zero-order valence-electron chi connectivity index (χ0n) is 28.6. The Labute approximate surface area is 306 Å². The third-order valence-corrected chi connectivity index (χ3v) is 10.3. The molecule has 2 aliphatic rings. The fraction of sp³-hybridized carbons (Fsp3) is 0.262. The van der Waals surface area contributed by atoms with Gasteiger partial charge in [0.25, 0.3) is 0 Å². The van der Waals surface area contributed by atoms with E-state index < -0.39 is 61.1 Å². The number of phenols is 1. The van der Waals surface area contributed by atoms with E-state index in [1.807, 2.05) is 60.7 Å². The van der Waals surface area contributed by atoms with Crippen molar-refractivity contribution in [3.05, 3.63) is 144 Å². The number of nitrogens with zero attached hydrogens (tertiary/aromatic N) is 1. The van der Waals surface area contributed by atoms with E-state index in [2.05, 4.69) is 5.32 Å². The third kappa shape index (κ3) is 7.40. The average Bonchev–Trinajstić information content (AvgIpc) is 3.52. The minimum Gasteiger partial charge on any atom is -0.508 e. The second-order valence-electron chi connectivity index (χ2n) is 13.6. The van der Waals surface area contributed by atoms with E-state index in [9.17, 15) is 39.8 Å². The van der Waals surface area contributed by atoms with Gasteiger partial charge in [0.1, 0.15) is 42.1 Å². The van der Waals surface area contributed by atoms with Crippen LogP contribution in [-0.2, 0) is 4.74 Å². The summed E-state index contributed by atoms with van der Waals surface area (Å²) < 4.78 is 19.2. The van der Waals surface area contributed by atoms with Crippen LogP contribution in [0.2, 0.25) is 0 Å². The maximum absolute atomic E-state index is 13.7. The van der Waals surface area contributed by atoms with E-state index >= 15 is 0 Å². The highest BCUT2D eigenvalue weighted by atomic mass is 19.1. The second kappa shape index (κ2) is 15.5. The first kappa shape index (κ1) is 36.2. The van der Waals surface area contributed by atoms with Gasteiger partial charge in [-0.25, -0.2) is 9.18 Å². The molecule has 2 amide bonds. The molecular weight excluding hydrogens is 679 g/mol. The molecule has 0 spiro atoms. The first-order valence-corrected chi connectivity index (χ1v) is 17.6. The van der Waals surface area contributed by atoms with Gasteiger partial charge < -0.3 is 40.7 Å². The van der Waals surface area contributed by atoms with Crippen molar-refractivity contribution in [2.24, 2.45) is 0 Å². The number of aliphatic hydroxyl groups excluding tert-OH is 5. The largest absolute Gasteiger partial charge is 0.508 e. The molecule has 0 saturated carbocycles. The van der Waals surface area contributed by atoms with Crippen molar-refractivity contribution in [3.8, 4) is 28.0 Å². The lowest BCUT2D eigenvalue weighted by Crippen LogP contribution is -2.55. The number of benzene rings is 5. The maximum atomic E-state index is 13.7. The molecule has 8 atom stereocenters. The number of carbonyl (C=O) groups excluding carboxylic acids is 1. The van der Waals surface area contributed by atoms with Gasteiger partial charge in [0.2, 0.25) is 0 Å². The lowest BCUT2D eigenvalue weighted by atomic mass is 9.90. The molecule has 0 aromatic heterocycles. The standard InChI is InChI=1S/C42H41FN2O8/c43-30-15-10-27(11-16-30)34(47)21-20-33-37(45(42(52)44-33)31-17-12-25(13-18-31)24-4-2-1-3-5-24)32-19-14-29(22-35(32)48)26-6-8-28(9-7-26)41-40(51)39(50)38(49)36(23-46)53-41/h1-19,22,33-34,36-41,46-51H,20-21,23H2,(H,44,52)/t33-,34-,36+,37+,38+,39-,40+,41?/m0/s1. The summed E-state index contributed by atoms with van der Waals surface area (Å²) in [6, 6.07) is 33.8. The van der Waals surface area contributed by atoms with Crippen molar-refractivity contribution in [3.63, 3.8) is 0 Å². The Morgan fingerprint density at radius 2 is 1.38 bits per heavy atom. The Morgan fingerprint density at radius 3 is 2.04 bits per heavy atom. The van der Waals surface area contributed by atoms with Crippen LogP contribution in [0.5, 0.6) is 5.75 Å². The Kier molecular flexibility index (Phi) is 10.6. The summed E-state index contributed by atoms with van der Waals surface area (Å²) >= 11 is 0. The number of aliphatic hydroxyl groups is 5. The molecule has 2 heterocycles. The van der Waals surface area contributed by atoms with Crippen molar-refractivity contribution in [2.45, 2.75) is 61.5 Å². The Hall–Kier alpha value is -5.14. The number of carbonyl (C=O) groups is 1. The summed E-state index contributed by atoms with van der Waals surface area (Å²) in [5.74, 6) is -0.446. The molecule has 0 aliphatic carbocycles. The highest BCUT2D eigenvalue weighted by Gasteiger charge is 2.44. The van der Waals surface area contributed by atoms with Crippen LogP contribution in [0.1, 0.15) is 47.8 Å². The monoisotopic (exact) mass is 720 g/mol. The van der Waals surface area contributed by atoms with Crippen molar-refractivity contribution in [2.75, 3.05) is 11.5 Å². The number of hydrogen-bond donors (Lipinski definition) is 7. The minimum atomic E-state index is -1.50. The van der Waals surface area contributed by atoms with Crippen LogP contribution in [0, 0.1) is 5.82 Å². The van der Waals surface area contributed by atoms with E-state index in [0.717, 1.165) is 16.7 Å². The van der Waals surface area contributed by atoms with E-state index in [1.165, 1.54) is 24.3 Å². The van der Waals surface area contributed by atoms with Gasteiger partial charge in [-0.2, -0.15) is 0 Å². The molecule has 2 fully saturated rings. The van der Waals surface area contributed by atoms with E-state index in [4.69, 9.17) is 4.74 Å². The van der Waals surface area contributed by atoms with Gasteiger partial charge in [0.05, 0.1) is 24.8 Å². The van der Waals surface area contributed by atoms with Crippen LogP contribution in [-0.4, -0.2) is 73.7 Å². The first-order valence-electron chi connectivity index (χ1n) is 17.6. The quantitative estimate of drug-likeness (QED) is 0.0991. The number of amides is 2. The summed E-state index contributed by atoms with van der Waals surface area (Å²) in [5, 5.41) is 66.1. The minimum absolute atomic E-state index is 0.0444. The van der Waals surface area contributed by atoms with Gasteiger partial charge in [-0.05, 0) is 76.6 Å². The van der Waals surface area contributed by atoms with Crippen LogP contribution in [0.25, 0.3) is 22.3 Å². The van der Waals surface area contributed by atoms with Crippen molar-refractivity contribution in [1.82, 2.24) is 5.32 Å². The number of ether oxygens (including phenoxy) is 1. The predicted molar refractivity (Wildman–Crippen MR) is 196 cm³/mol. The molecule has 5 aromatic carbocycles. The van der Waals surface area contributed by atoms with Crippen LogP contribution in [0.3, 0.4) is 0 Å². The van der Waals surface area contributed by atoms with Gasteiger partial charge in [-0.1, -0.05) is 91.0 Å². The fourth-order valence-electron chi connectivity index (χ4n) is 7.33. The molecule has 7 rings (SSSR count). The van der Waals surface area contributed by atoms with Crippen LogP contribution in [0.4, 0.5) is 14.9 Å². The number of phenolic OH excluding ortho intramolecular Hbond substituents is 1. The Bertz CT molecular complexity index is 2010. The highest BCUT2D eigenvalue weighted by molar-refractivity contribution is 5.96. The van der Waals surface area contributed by atoms with Crippen LogP contribution in [0.15, 0.2) is 121 Å². The number of aromatic hydroxyl groups is 1. The lowest BCUT2D eigenvalue weighted by Gasteiger charge is -2.40. The van der Waals surface area contributed by atoms with Gasteiger partial charge in [-0.15, -0.1) is 0 Å². The SMILES string of the molecule is O=C1N[C@@H](CC[C@H](O)c2ccc(F)cc2)[C@@H](c2ccc(-c3ccc(C4O[C@H](CO)[C@@H](O)[C@H](O)[C@H]4O)cc3)cc2O)N1c1ccc(-c2ccccc2)cc1. The number of nitrogens with one attached hydrogen (secondary N) is 1. The van der Waals surface area contributed by atoms with E-state index in [-0.39, 0.29) is 18.2 Å².